The Kier molecular flexibility index (Phi) is 7.88. The van der Waals surface area contributed by atoms with Crippen LogP contribution in [0.15, 0.2) is 41.5 Å². The van der Waals surface area contributed by atoms with E-state index in [0.29, 0.717) is 0 Å². The van der Waals surface area contributed by atoms with Gasteiger partial charge in [-0.05, 0) is 53.8 Å². The summed E-state index contributed by atoms with van der Waals surface area (Å²) in [6.07, 6.45) is 1.60. The van der Waals surface area contributed by atoms with Crippen LogP contribution in [0.5, 0.6) is 5.75 Å². The highest BCUT2D eigenvalue weighted by Crippen LogP contribution is 2.28. The summed E-state index contributed by atoms with van der Waals surface area (Å²) < 4.78 is 19.0. The van der Waals surface area contributed by atoms with E-state index in [1.165, 1.54) is 18.2 Å². The number of benzene rings is 2. The van der Waals surface area contributed by atoms with E-state index in [1.54, 1.807) is 19.4 Å². The summed E-state index contributed by atoms with van der Waals surface area (Å²) in [7, 11) is 1.64. The summed E-state index contributed by atoms with van der Waals surface area (Å²) in [6, 6.07) is 9.61. The van der Waals surface area contributed by atoms with Crippen LogP contribution in [-0.4, -0.2) is 31.7 Å². The van der Waals surface area contributed by atoms with Crippen molar-refractivity contribution in [2.75, 3.05) is 13.7 Å². The minimum Gasteiger partial charge on any atom is -0.496 e. The van der Waals surface area contributed by atoms with E-state index in [9.17, 15) is 14.0 Å². The van der Waals surface area contributed by atoms with Gasteiger partial charge in [0.15, 0.2) is 0 Å². The molecule has 29 heavy (non-hydrogen) atoms. The minimum atomic E-state index is -0.602. The van der Waals surface area contributed by atoms with Gasteiger partial charge in [-0.2, -0.15) is 5.10 Å². The summed E-state index contributed by atoms with van der Waals surface area (Å²) in [5.74, 6) is -0.413. The molecule has 0 saturated heterocycles. The quantitative estimate of drug-likeness (QED) is 0.526. The number of hydrogen-bond donors (Lipinski definition) is 2. The Morgan fingerprint density at radius 1 is 1.24 bits per heavy atom. The predicted molar refractivity (Wildman–Crippen MR) is 111 cm³/mol. The molecule has 0 aliphatic heterocycles. The highest BCUT2D eigenvalue weighted by molar-refractivity contribution is 5.94. The lowest BCUT2D eigenvalue weighted by Crippen LogP contribution is -2.29. The van der Waals surface area contributed by atoms with Crippen LogP contribution in [-0.2, 0) is 4.79 Å². The third kappa shape index (κ3) is 6.14. The topological polar surface area (TPSA) is 79.8 Å². The number of halogens is 1. The second-order valence-corrected chi connectivity index (χ2v) is 6.88. The molecule has 0 heterocycles. The Morgan fingerprint density at radius 2 is 1.97 bits per heavy atom. The number of methoxy groups -OCH3 is 1. The van der Waals surface area contributed by atoms with E-state index in [2.05, 4.69) is 29.7 Å². The molecule has 0 radical (unpaired) electrons. The van der Waals surface area contributed by atoms with E-state index >= 15 is 0 Å². The van der Waals surface area contributed by atoms with Crippen molar-refractivity contribution in [2.45, 2.75) is 33.1 Å². The van der Waals surface area contributed by atoms with Gasteiger partial charge < -0.3 is 10.1 Å². The molecule has 154 valence electrons. The van der Waals surface area contributed by atoms with Gasteiger partial charge in [-0.3, -0.25) is 9.59 Å². The molecule has 0 atom stereocenters. The van der Waals surface area contributed by atoms with Crippen molar-refractivity contribution in [1.29, 1.82) is 0 Å². The second-order valence-electron chi connectivity index (χ2n) is 6.88. The number of aryl methyl sites for hydroxylation is 1. The Labute approximate surface area is 170 Å². The zero-order valence-corrected chi connectivity index (χ0v) is 17.1. The first-order valence-corrected chi connectivity index (χ1v) is 9.36. The van der Waals surface area contributed by atoms with Crippen molar-refractivity contribution >= 4 is 18.0 Å². The van der Waals surface area contributed by atoms with Crippen LogP contribution in [0.4, 0.5) is 4.39 Å². The molecule has 2 aromatic carbocycles. The Bertz CT molecular complexity index is 910. The maximum atomic E-state index is 13.5. The van der Waals surface area contributed by atoms with E-state index in [4.69, 9.17) is 4.74 Å². The Balaban J connectivity index is 1.88. The number of hydrazone groups is 1. The maximum absolute atomic E-state index is 13.5. The van der Waals surface area contributed by atoms with Crippen LogP contribution in [0.1, 0.15) is 53.2 Å². The first kappa shape index (κ1) is 22.1. The summed E-state index contributed by atoms with van der Waals surface area (Å²) in [5.41, 5.74) is 5.29. The third-order valence-corrected chi connectivity index (χ3v) is 4.39. The van der Waals surface area contributed by atoms with Crippen LogP contribution in [0.3, 0.4) is 0 Å². The lowest BCUT2D eigenvalue weighted by molar-refractivity contribution is -0.120. The average Bonchev–Trinajstić information content (AvgIpc) is 2.68. The van der Waals surface area contributed by atoms with Gasteiger partial charge in [0.25, 0.3) is 5.91 Å². The van der Waals surface area contributed by atoms with Crippen LogP contribution >= 0.6 is 0 Å². The fourth-order valence-corrected chi connectivity index (χ4v) is 2.74. The zero-order valence-electron chi connectivity index (χ0n) is 17.1. The number of rotatable bonds is 8. The maximum Gasteiger partial charge on any atom is 0.254 e. The van der Waals surface area contributed by atoms with Crippen LogP contribution in [0, 0.1) is 12.7 Å². The Morgan fingerprint density at radius 3 is 2.62 bits per heavy atom. The second kappa shape index (κ2) is 10.4. The van der Waals surface area contributed by atoms with Crippen LogP contribution < -0.4 is 15.5 Å². The summed E-state index contributed by atoms with van der Waals surface area (Å²) in [6.45, 7) is 6.17. The summed E-state index contributed by atoms with van der Waals surface area (Å²) in [5, 5.41) is 6.51. The molecule has 0 aliphatic rings. The number of nitrogens with one attached hydrogen (secondary N) is 2. The molecule has 2 rings (SSSR count). The van der Waals surface area contributed by atoms with Gasteiger partial charge >= 0.3 is 0 Å². The SMILES string of the molecule is COc1cc(C)c(C=NNC(=O)CCNC(=O)c2ccccc2F)cc1C(C)C. The van der Waals surface area contributed by atoms with E-state index in [1.807, 2.05) is 19.1 Å². The molecule has 7 heteroatoms. The number of nitrogens with zero attached hydrogens (tertiary/aromatic N) is 1. The summed E-state index contributed by atoms with van der Waals surface area (Å²) in [4.78, 5) is 23.8. The molecule has 0 spiro atoms. The van der Waals surface area contributed by atoms with Gasteiger partial charge in [0.1, 0.15) is 11.6 Å². The van der Waals surface area contributed by atoms with Gasteiger partial charge in [0.2, 0.25) is 5.91 Å². The number of carbonyl (C=O) groups is 2. The fourth-order valence-electron chi connectivity index (χ4n) is 2.74. The monoisotopic (exact) mass is 399 g/mol. The molecule has 6 nitrogen and oxygen atoms in total. The normalized spacial score (nSPS) is 11.0. The molecule has 0 aliphatic carbocycles. The molecule has 2 amide bonds. The molecule has 0 fully saturated rings. The van der Waals surface area contributed by atoms with Crippen molar-refractivity contribution in [2.24, 2.45) is 5.10 Å². The van der Waals surface area contributed by atoms with Crippen molar-refractivity contribution in [3.8, 4) is 5.75 Å². The molecule has 0 saturated carbocycles. The lowest BCUT2D eigenvalue weighted by atomic mass is 9.97. The molecule has 0 unspecified atom stereocenters. The van der Waals surface area contributed by atoms with Crippen molar-refractivity contribution in [3.05, 3.63) is 64.5 Å². The Hall–Kier alpha value is -3.22. The van der Waals surface area contributed by atoms with Crippen molar-refractivity contribution in [1.82, 2.24) is 10.7 Å². The fraction of sp³-hybridized carbons (Fsp3) is 0.318. The van der Waals surface area contributed by atoms with Gasteiger partial charge in [-0.25, -0.2) is 9.82 Å². The highest BCUT2D eigenvalue weighted by Gasteiger charge is 2.12. The first-order valence-electron chi connectivity index (χ1n) is 9.36. The van der Waals surface area contributed by atoms with Crippen molar-refractivity contribution in [3.63, 3.8) is 0 Å². The molecule has 2 N–H and O–H groups in total. The molecular formula is C22H26FN3O3. The number of carbonyl (C=O) groups excluding carboxylic acids is 2. The van der Waals surface area contributed by atoms with E-state index < -0.39 is 11.7 Å². The molecule has 0 bridgehead atoms. The highest BCUT2D eigenvalue weighted by atomic mass is 19.1. The van der Waals surface area contributed by atoms with Gasteiger partial charge in [0.05, 0.1) is 18.9 Å². The third-order valence-electron chi connectivity index (χ3n) is 4.39. The largest absolute Gasteiger partial charge is 0.496 e. The van der Waals surface area contributed by atoms with Crippen molar-refractivity contribution < 1.29 is 18.7 Å². The molecule has 0 aromatic heterocycles. The van der Waals surface area contributed by atoms with Crippen LogP contribution in [0.25, 0.3) is 0 Å². The minimum absolute atomic E-state index is 0.0242. The van der Waals surface area contributed by atoms with E-state index in [0.717, 1.165) is 22.4 Å². The average molecular weight is 399 g/mol. The standard InChI is InChI=1S/C22H26FN3O3/c1-14(2)18-12-16(15(3)11-20(18)29-4)13-25-26-21(27)9-10-24-22(28)17-7-5-6-8-19(17)23/h5-8,11-14H,9-10H2,1-4H3,(H,24,28)(H,26,27). The van der Waals surface area contributed by atoms with E-state index in [-0.39, 0.29) is 30.4 Å². The lowest BCUT2D eigenvalue weighted by Gasteiger charge is -2.14. The van der Waals surface area contributed by atoms with Gasteiger partial charge in [-0.1, -0.05) is 26.0 Å². The number of hydrogen-bond acceptors (Lipinski definition) is 4. The van der Waals surface area contributed by atoms with Gasteiger partial charge in [-0.15, -0.1) is 0 Å². The van der Waals surface area contributed by atoms with Gasteiger partial charge in [0, 0.05) is 13.0 Å². The first-order chi connectivity index (χ1) is 13.8. The number of ether oxygens (including phenoxy) is 1. The molecular weight excluding hydrogens is 373 g/mol. The smallest absolute Gasteiger partial charge is 0.254 e. The summed E-state index contributed by atoms with van der Waals surface area (Å²) >= 11 is 0. The predicted octanol–water partition coefficient (Wildman–Crippen LogP) is 3.54. The number of amides is 2. The van der Waals surface area contributed by atoms with Crippen LogP contribution in [0.2, 0.25) is 0 Å². The zero-order chi connectivity index (χ0) is 21.4. The molecule has 2 aromatic rings.